The second-order valence-corrected chi connectivity index (χ2v) is 6.63. The second-order valence-electron chi connectivity index (χ2n) is 5.68. The molecule has 0 spiro atoms. The van der Waals surface area contributed by atoms with E-state index in [-0.39, 0.29) is 23.6 Å². The smallest absolute Gasteiger partial charge is 0.230 e. The Morgan fingerprint density at radius 3 is 2.80 bits per heavy atom. The third kappa shape index (κ3) is 4.11. The maximum atomic E-state index is 12.2. The van der Waals surface area contributed by atoms with Crippen LogP contribution >= 0.6 is 11.8 Å². The summed E-state index contributed by atoms with van der Waals surface area (Å²) in [6.07, 6.45) is 1.88. The molecule has 25 heavy (non-hydrogen) atoms. The molecule has 2 aromatic rings. The summed E-state index contributed by atoms with van der Waals surface area (Å²) in [5.74, 6) is 0.847. The summed E-state index contributed by atoms with van der Waals surface area (Å²) in [6.45, 7) is 0.464. The van der Waals surface area contributed by atoms with Gasteiger partial charge >= 0.3 is 0 Å². The second kappa shape index (κ2) is 7.56. The van der Waals surface area contributed by atoms with Crippen LogP contribution in [0.1, 0.15) is 6.42 Å². The molecular weight excluding hydrogens is 342 g/mol. The normalized spacial score (nSPS) is 17.0. The lowest BCUT2D eigenvalue weighted by Crippen LogP contribution is -2.38. The highest BCUT2D eigenvalue weighted by atomic mass is 32.2. The van der Waals surface area contributed by atoms with Crippen LogP contribution in [-0.2, 0) is 16.6 Å². The van der Waals surface area contributed by atoms with Crippen LogP contribution in [0, 0.1) is 0 Å². The number of amides is 2. The molecule has 132 valence electrons. The summed E-state index contributed by atoms with van der Waals surface area (Å²) in [6, 6.07) is 7.11. The predicted octanol–water partition coefficient (Wildman–Crippen LogP) is 0.837. The number of carbonyl (C=O) groups excluding carboxylic acids is 2. The fraction of sp³-hybridized carbons (Fsp3) is 0.375. The minimum atomic E-state index is -0.192. The van der Waals surface area contributed by atoms with E-state index < -0.39 is 0 Å². The molecule has 2 amide bonds. The van der Waals surface area contributed by atoms with E-state index in [1.54, 1.807) is 22.9 Å². The fourth-order valence-corrected chi connectivity index (χ4v) is 3.32. The first-order valence-electron chi connectivity index (χ1n) is 7.77. The predicted molar refractivity (Wildman–Crippen MR) is 93.6 cm³/mol. The first-order chi connectivity index (χ1) is 12.1. The summed E-state index contributed by atoms with van der Waals surface area (Å²) in [5, 5.41) is 11.3. The van der Waals surface area contributed by atoms with Gasteiger partial charge < -0.3 is 19.5 Å². The minimum Gasteiger partial charge on any atom is -0.497 e. The Hall–Kier alpha value is -2.55. The summed E-state index contributed by atoms with van der Waals surface area (Å²) < 4.78 is 6.88. The number of nitrogens with one attached hydrogen (secondary N) is 1. The first kappa shape index (κ1) is 17.3. The molecule has 3 rings (SSSR count). The zero-order valence-corrected chi connectivity index (χ0v) is 14.8. The Morgan fingerprint density at radius 2 is 2.16 bits per heavy atom. The van der Waals surface area contributed by atoms with Gasteiger partial charge in [-0.05, 0) is 24.3 Å². The maximum Gasteiger partial charge on any atom is 0.230 e. The van der Waals surface area contributed by atoms with E-state index in [0.29, 0.717) is 18.1 Å². The van der Waals surface area contributed by atoms with Gasteiger partial charge in [-0.15, -0.1) is 10.2 Å². The molecule has 1 aliphatic rings. The molecule has 8 nitrogen and oxygen atoms in total. The number of thioether (sulfide) groups is 1. The molecule has 0 radical (unpaired) electrons. The SMILES string of the molecule is COc1ccc(N2C[C@H](NC(=O)CSc3nncn3C)CC2=O)cc1. The lowest BCUT2D eigenvalue weighted by atomic mass is 10.2. The van der Waals surface area contributed by atoms with Crippen molar-refractivity contribution in [3.05, 3.63) is 30.6 Å². The van der Waals surface area contributed by atoms with Crippen molar-refractivity contribution >= 4 is 29.3 Å². The fourth-order valence-electron chi connectivity index (χ4n) is 2.62. The highest BCUT2D eigenvalue weighted by Gasteiger charge is 2.31. The Balaban J connectivity index is 1.53. The van der Waals surface area contributed by atoms with Crippen molar-refractivity contribution in [2.75, 3.05) is 24.3 Å². The van der Waals surface area contributed by atoms with E-state index in [9.17, 15) is 9.59 Å². The molecular formula is C16H19N5O3S. The van der Waals surface area contributed by atoms with Gasteiger partial charge in [0.05, 0.1) is 18.9 Å². The monoisotopic (exact) mass is 361 g/mol. The van der Waals surface area contributed by atoms with Crippen LogP contribution in [0.5, 0.6) is 5.75 Å². The van der Waals surface area contributed by atoms with Gasteiger partial charge in [-0.2, -0.15) is 0 Å². The number of aryl methyl sites for hydroxylation is 1. The molecule has 1 fully saturated rings. The van der Waals surface area contributed by atoms with Gasteiger partial charge in [-0.25, -0.2) is 0 Å². The molecule has 0 saturated carbocycles. The van der Waals surface area contributed by atoms with Gasteiger partial charge in [0.25, 0.3) is 0 Å². The van der Waals surface area contributed by atoms with Gasteiger partial charge in [0.2, 0.25) is 11.8 Å². The van der Waals surface area contributed by atoms with Crippen molar-refractivity contribution < 1.29 is 14.3 Å². The van der Waals surface area contributed by atoms with Gasteiger partial charge in [-0.3, -0.25) is 9.59 Å². The Kier molecular flexibility index (Phi) is 5.22. The van der Waals surface area contributed by atoms with E-state index in [4.69, 9.17) is 4.74 Å². The summed E-state index contributed by atoms with van der Waals surface area (Å²) >= 11 is 1.31. The van der Waals surface area contributed by atoms with Gasteiger partial charge in [0, 0.05) is 25.7 Å². The number of ether oxygens (including phenoxy) is 1. The molecule has 1 saturated heterocycles. The molecule has 1 N–H and O–H groups in total. The third-order valence-electron chi connectivity index (χ3n) is 3.88. The summed E-state index contributed by atoms with van der Waals surface area (Å²) in [7, 11) is 3.42. The third-order valence-corrected chi connectivity index (χ3v) is 4.91. The molecule has 1 atom stereocenters. The van der Waals surface area contributed by atoms with Crippen LogP contribution < -0.4 is 15.0 Å². The molecule has 0 bridgehead atoms. The van der Waals surface area contributed by atoms with E-state index in [1.165, 1.54) is 11.8 Å². The topological polar surface area (TPSA) is 89.3 Å². The Morgan fingerprint density at radius 1 is 1.40 bits per heavy atom. The van der Waals surface area contributed by atoms with Crippen molar-refractivity contribution in [2.45, 2.75) is 17.6 Å². The lowest BCUT2D eigenvalue weighted by molar-refractivity contribution is -0.119. The molecule has 0 unspecified atom stereocenters. The van der Waals surface area contributed by atoms with Crippen molar-refractivity contribution in [3.63, 3.8) is 0 Å². The van der Waals surface area contributed by atoms with Crippen molar-refractivity contribution in [2.24, 2.45) is 7.05 Å². The van der Waals surface area contributed by atoms with E-state index in [0.717, 1.165) is 11.4 Å². The average molecular weight is 361 g/mol. The maximum absolute atomic E-state index is 12.2. The number of carbonyl (C=O) groups is 2. The number of methoxy groups -OCH3 is 1. The zero-order chi connectivity index (χ0) is 17.8. The quantitative estimate of drug-likeness (QED) is 0.767. The summed E-state index contributed by atoms with van der Waals surface area (Å²) in [5.41, 5.74) is 0.802. The van der Waals surface area contributed by atoms with E-state index in [2.05, 4.69) is 15.5 Å². The van der Waals surface area contributed by atoms with Gasteiger partial charge in [0.1, 0.15) is 12.1 Å². The standard InChI is InChI=1S/C16H19N5O3S/c1-20-10-17-19-16(20)25-9-14(22)18-11-7-15(23)21(8-11)12-3-5-13(24-2)6-4-12/h3-6,10-11H,7-9H2,1-2H3,(H,18,22)/t11-/m1/s1. The first-order valence-corrected chi connectivity index (χ1v) is 8.76. The van der Waals surface area contributed by atoms with Crippen molar-refractivity contribution in [1.82, 2.24) is 20.1 Å². The van der Waals surface area contributed by atoms with Crippen molar-refractivity contribution in [1.29, 1.82) is 0 Å². The average Bonchev–Trinajstić information content (AvgIpc) is 3.18. The van der Waals surface area contributed by atoms with Crippen LogP contribution in [0.2, 0.25) is 0 Å². The number of nitrogens with zero attached hydrogens (tertiary/aromatic N) is 4. The molecule has 2 heterocycles. The van der Waals surface area contributed by atoms with Crippen LogP contribution in [0.25, 0.3) is 0 Å². The number of rotatable bonds is 6. The van der Waals surface area contributed by atoms with Gasteiger partial charge in [-0.1, -0.05) is 11.8 Å². The lowest BCUT2D eigenvalue weighted by Gasteiger charge is -2.17. The largest absolute Gasteiger partial charge is 0.497 e. The number of benzene rings is 1. The van der Waals surface area contributed by atoms with Crippen LogP contribution in [0.4, 0.5) is 5.69 Å². The molecule has 1 aromatic carbocycles. The molecule has 0 aliphatic carbocycles. The van der Waals surface area contributed by atoms with Crippen LogP contribution in [-0.4, -0.2) is 52.0 Å². The highest BCUT2D eigenvalue weighted by molar-refractivity contribution is 7.99. The Bertz CT molecular complexity index is 761. The summed E-state index contributed by atoms with van der Waals surface area (Å²) in [4.78, 5) is 26.0. The highest BCUT2D eigenvalue weighted by Crippen LogP contribution is 2.24. The molecule has 1 aromatic heterocycles. The number of aromatic nitrogens is 3. The van der Waals surface area contributed by atoms with Crippen LogP contribution in [0.3, 0.4) is 0 Å². The molecule has 9 heteroatoms. The molecule has 1 aliphatic heterocycles. The number of hydrogen-bond donors (Lipinski definition) is 1. The van der Waals surface area contributed by atoms with E-state index >= 15 is 0 Å². The van der Waals surface area contributed by atoms with Gasteiger partial charge in [0.15, 0.2) is 5.16 Å². The van der Waals surface area contributed by atoms with Crippen LogP contribution in [0.15, 0.2) is 35.7 Å². The van der Waals surface area contributed by atoms with E-state index in [1.807, 2.05) is 31.3 Å². The van der Waals surface area contributed by atoms with Crippen molar-refractivity contribution in [3.8, 4) is 5.75 Å². The minimum absolute atomic E-state index is 0.00331. The zero-order valence-electron chi connectivity index (χ0n) is 14.0. The number of anilines is 1. The number of hydrogen-bond acceptors (Lipinski definition) is 6. The Labute approximate surface area is 149 Å².